The van der Waals surface area contributed by atoms with Crippen LogP contribution in [0.4, 0.5) is 0 Å². The molecular weight excluding hydrogens is 352 g/mol. The van der Waals surface area contributed by atoms with Crippen LogP contribution in [0.5, 0.6) is 11.5 Å². The second-order valence-electron chi connectivity index (χ2n) is 5.97. The van der Waals surface area contributed by atoms with Gasteiger partial charge in [-0.15, -0.1) is 0 Å². The summed E-state index contributed by atoms with van der Waals surface area (Å²) < 4.78 is 10.5. The van der Waals surface area contributed by atoms with E-state index in [0.29, 0.717) is 29.5 Å². The number of ether oxygens (including phenoxy) is 2. The summed E-state index contributed by atoms with van der Waals surface area (Å²) in [7, 11) is 3.17. The number of benzene rings is 2. The predicted octanol–water partition coefficient (Wildman–Crippen LogP) is 3.74. The zero-order valence-electron chi connectivity index (χ0n) is 14.8. The number of carbonyl (C=O) groups is 1. The smallest absolute Gasteiger partial charge is 0.224 e. The van der Waals surface area contributed by atoms with Gasteiger partial charge in [-0.3, -0.25) is 4.79 Å². The second kappa shape index (κ2) is 8.15. The third-order valence-electron chi connectivity index (χ3n) is 4.26. The van der Waals surface area contributed by atoms with Crippen molar-refractivity contribution in [2.45, 2.75) is 12.8 Å². The molecule has 0 saturated heterocycles. The lowest BCUT2D eigenvalue weighted by Gasteiger charge is -2.10. The second-order valence-corrected chi connectivity index (χ2v) is 6.41. The van der Waals surface area contributed by atoms with Crippen LogP contribution in [-0.4, -0.2) is 31.7 Å². The van der Waals surface area contributed by atoms with Gasteiger partial charge >= 0.3 is 0 Å². The van der Waals surface area contributed by atoms with Crippen molar-refractivity contribution >= 4 is 28.4 Å². The molecule has 0 aliphatic rings. The Balaban J connectivity index is 1.55. The van der Waals surface area contributed by atoms with Gasteiger partial charge in [0, 0.05) is 28.7 Å². The molecule has 0 aliphatic carbocycles. The fourth-order valence-electron chi connectivity index (χ4n) is 2.94. The monoisotopic (exact) mass is 372 g/mol. The average molecular weight is 373 g/mol. The number of fused-ring (bicyclic) bond motifs is 1. The Labute approximate surface area is 157 Å². The number of carbonyl (C=O) groups excluding carboxylic acids is 1. The molecule has 0 aliphatic heterocycles. The van der Waals surface area contributed by atoms with Crippen LogP contribution in [0.15, 0.2) is 42.6 Å². The Hall–Kier alpha value is -2.66. The van der Waals surface area contributed by atoms with Gasteiger partial charge in [-0.05, 0) is 41.8 Å². The SMILES string of the molecule is COc1ccc(CC(=O)NCCc2c[nH]c3cc(Cl)ccc23)cc1OC. The van der Waals surface area contributed by atoms with Crippen molar-refractivity contribution in [1.82, 2.24) is 10.3 Å². The third-order valence-corrected chi connectivity index (χ3v) is 4.49. The number of aromatic nitrogens is 1. The molecule has 1 amide bonds. The van der Waals surface area contributed by atoms with E-state index < -0.39 is 0 Å². The zero-order chi connectivity index (χ0) is 18.5. The Morgan fingerprint density at radius 2 is 1.92 bits per heavy atom. The molecule has 0 bridgehead atoms. The van der Waals surface area contributed by atoms with Crippen molar-refractivity contribution in [2.75, 3.05) is 20.8 Å². The molecule has 2 aromatic carbocycles. The maximum atomic E-state index is 12.2. The minimum atomic E-state index is -0.0277. The highest BCUT2D eigenvalue weighted by molar-refractivity contribution is 6.31. The molecule has 0 atom stereocenters. The van der Waals surface area contributed by atoms with Crippen LogP contribution in [0.3, 0.4) is 0 Å². The number of rotatable bonds is 7. The van der Waals surface area contributed by atoms with Crippen molar-refractivity contribution in [1.29, 1.82) is 0 Å². The highest BCUT2D eigenvalue weighted by Gasteiger charge is 2.09. The molecule has 0 fully saturated rings. The lowest BCUT2D eigenvalue weighted by molar-refractivity contribution is -0.120. The normalized spacial score (nSPS) is 10.7. The van der Waals surface area contributed by atoms with Gasteiger partial charge in [0.15, 0.2) is 11.5 Å². The van der Waals surface area contributed by atoms with Crippen LogP contribution in [-0.2, 0) is 17.6 Å². The van der Waals surface area contributed by atoms with Gasteiger partial charge in [0.2, 0.25) is 5.91 Å². The minimum absolute atomic E-state index is 0.0277. The Morgan fingerprint density at radius 3 is 2.69 bits per heavy atom. The molecular formula is C20H21ClN2O3. The van der Waals surface area contributed by atoms with Crippen LogP contribution in [0.1, 0.15) is 11.1 Å². The number of hydrogen-bond acceptors (Lipinski definition) is 3. The molecule has 3 aromatic rings. The maximum Gasteiger partial charge on any atom is 0.224 e. The van der Waals surface area contributed by atoms with Gasteiger partial charge in [0.1, 0.15) is 0 Å². The fourth-order valence-corrected chi connectivity index (χ4v) is 3.11. The fraction of sp³-hybridized carbons (Fsp3) is 0.250. The molecule has 0 unspecified atom stereocenters. The van der Waals surface area contributed by atoms with Crippen molar-refractivity contribution in [3.05, 3.63) is 58.7 Å². The summed E-state index contributed by atoms with van der Waals surface area (Å²) in [6.45, 7) is 0.571. The summed E-state index contributed by atoms with van der Waals surface area (Å²) in [5, 5.41) is 4.79. The number of amides is 1. The van der Waals surface area contributed by atoms with Gasteiger partial charge < -0.3 is 19.8 Å². The minimum Gasteiger partial charge on any atom is -0.493 e. The molecule has 6 heteroatoms. The lowest BCUT2D eigenvalue weighted by atomic mass is 10.1. The molecule has 3 rings (SSSR count). The van der Waals surface area contributed by atoms with Crippen LogP contribution in [0.25, 0.3) is 10.9 Å². The largest absolute Gasteiger partial charge is 0.493 e. The van der Waals surface area contributed by atoms with Crippen molar-refractivity contribution in [3.63, 3.8) is 0 Å². The van der Waals surface area contributed by atoms with Crippen LogP contribution in [0, 0.1) is 0 Å². The van der Waals surface area contributed by atoms with Crippen molar-refractivity contribution < 1.29 is 14.3 Å². The van der Waals surface area contributed by atoms with Gasteiger partial charge in [0.25, 0.3) is 0 Å². The number of nitrogens with one attached hydrogen (secondary N) is 2. The maximum absolute atomic E-state index is 12.2. The summed E-state index contributed by atoms with van der Waals surface area (Å²) in [6, 6.07) is 11.3. The van der Waals surface area contributed by atoms with E-state index in [2.05, 4.69) is 10.3 Å². The number of aromatic amines is 1. The highest BCUT2D eigenvalue weighted by Crippen LogP contribution is 2.27. The van der Waals surface area contributed by atoms with E-state index in [1.165, 1.54) is 0 Å². The molecule has 0 saturated carbocycles. The third kappa shape index (κ3) is 4.11. The highest BCUT2D eigenvalue weighted by atomic mass is 35.5. The first-order valence-electron chi connectivity index (χ1n) is 8.34. The van der Waals surface area contributed by atoms with E-state index in [9.17, 15) is 4.79 Å². The van der Waals surface area contributed by atoms with Gasteiger partial charge in [0.05, 0.1) is 20.6 Å². The first-order valence-corrected chi connectivity index (χ1v) is 8.71. The van der Waals surface area contributed by atoms with Gasteiger partial charge in [-0.2, -0.15) is 0 Å². The standard InChI is InChI=1S/C20H21ClN2O3/c1-25-18-6-3-13(9-19(18)26-2)10-20(24)22-8-7-14-12-23-17-11-15(21)4-5-16(14)17/h3-6,9,11-12,23H,7-8,10H2,1-2H3,(H,22,24). The van der Waals surface area contributed by atoms with E-state index in [1.807, 2.05) is 36.5 Å². The van der Waals surface area contributed by atoms with E-state index >= 15 is 0 Å². The number of hydrogen-bond donors (Lipinski definition) is 2. The molecule has 5 nitrogen and oxygen atoms in total. The molecule has 2 N–H and O–H groups in total. The van der Waals surface area contributed by atoms with E-state index in [1.54, 1.807) is 20.3 Å². The van der Waals surface area contributed by atoms with Gasteiger partial charge in [-0.1, -0.05) is 23.7 Å². The van der Waals surface area contributed by atoms with Crippen molar-refractivity contribution in [2.24, 2.45) is 0 Å². The van der Waals surface area contributed by atoms with Crippen molar-refractivity contribution in [3.8, 4) is 11.5 Å². The average Bonchev–Trinajstić information content (AvgIpc) is 3.03. The summed E-state index contributed by atoms with van der Waals surface area (Å²) in [5.74, 6) is 1.24. The van der Waals surface area contributed by atoms with Crippen LogP contribution < -0.4 is 14.8 Å². The molecule has 26 heavy (non-hydrogen) atoms. The summed E-state index contributed by atoms with van der Waals surface area (Å²) in [5.41, 5.74) is 3.04. The Kier molecular flexibility index (Phi) is 5.68. The van der Waals surface area contributed by atoms with Crippen LogP contribution >= 0.6 is 11.6 Å². The molecule has 0 radical (unpaired) electrons. The molecule has 136 valence electrons. The molecule has 1 heterocycles. The van der Waals surface area contributed by atoms with E-state index in [-0.39, 0.29) is 5.91 Å². The number of halogens is 1. The number of methoxy groups -OCH3 is 2. The Bertz CT molecular complexity index is 921. The summed E-state index contributed by atoms with van der Waals surface area (Å²) in [4.78, 5) is 15.4. The Morgan fingerprint density at radius 1 is 1.12 bits per heavy atom. The van der Waals surface area contributed by atoms with Gasteiger partial charge in [-0.25, -0.2) is 0 Å². The predicted molar refractivity (Wildman–Crippen MR) is 103 cm³/mol. The first-order chi connectivity index (χ1) is 12.6. The molecule has 0 spiro atoms. The molecule has 1 aromatic heterocycles. The topological polar surface area (TPSA) is 63.3 Å². The number of H-pyrrole nitrogens is 1. The summed E-state index contributed by atoms with van der Waals surface area (Å²) >= 11 is 6.00. The quantitative estimate of drug-likeness (QED) is 0.664. The van der Waals surface area contributed by atoms with E-state index in [0.717, 1.165) is 28.5 Å². The zero-order valence-corrected chi connectivity index (χ0v) is 15.5. The first kappa shape index (κ1) is 18.1. The van der Waals surface area contributed by atoms with Crippen LogP contribution in [0.2, 0.25) is 5.02 Å². The lowest BCUT2D eigenvalue weighted by Crippen LogP contribution is -2.27. The summed E-state index contributed by atoms with van der Waals surface area (Å²) in [6.07, 6.45) is 3.00. The van der Waals surface area contributed by atoms with E-state index in [4.69, 9.17) is 21.1 Å².